The zero-order valence-electron chi connectivity index (χ0n) is 10.4. The summed E-state index contributed by atoms with van der Waals surface area (Å²) in [5.41, 5.74) is 1.15. The predicted molar refractivity (Wildman–Crippen MR) is 67.1 cm³/mol. The molecule has 0 bridgehead atoms. The topological polar surface area (TPSA) is 61.7 Å². The molecule has 96 valence electrons. The number of methoxy groups -OCH3 is 1. The smallest absolute Gasteiger partial charge is 0.118 e. The summed E-state index contributed by atoms with van der Waals surface area (Å²) in [6, 6.07) is 8.03. The quantitative estimate of drug-likeness (QED) is 0.666. The minimum Gasteiger partial charge on any atom is -0.497 e. The lowest BCUT2D eigenvalue weighted by atomic mass is 10.0. The van der Waals surface area contributed by atoms with Crippen LogP contribution in [0.15, 0.2) is 24.3 Å². The predicted octanol–water partition coefficient (Wildman–Crippen LogP) is 1.09. The molecule has 2 unspecified atom stereocenters. The Morgan fingerprint density at radius 3 is 2.41 bits per heavy atom. The minimum atomic E-state index is -0.706. The molecular weight excluding hydrogens is 218 g/mol. The first kappa shape index (κ1) is 14.0. The van der Waals surface area contributed by atoms with E-state index in [2.05, 4.69) is 12.2 Å². The number of benzene rings is 1. The molecule has 0 saturated carbocycles. The molecule has 0 heterocycles. The second-order valence-corrected chi connectivity index (χ2v) is 3.98. The minimum absolute atomic E-state index is 0.183. The standard InChI is InChI=1S/C13H21NO3/c1-3-13(14-8-11(16)9-15)10-4-6-12(17-2)7-5-10/h4-7,11,13-16H,3,8-9H2,1-2H3. The molecule has 0 amide bonds. The number of hydrogen-bond acceptors (Lipinski definition) is 4. The van der Waals surface area contributed by atoms with Crippen LogP contribution in [0.2, 0.25) is 0 Å². The van der Waals surface area contributed by atoms with Crippen molar-refractivity contribution in [2.24, 2.45) is 0 Å². The molecule has 17 heavy (non-hydrogen) atoms. The third kappa shape index (κ3) is 4.34. The van der Waals surface area contributed by atoms with E-state index in [0.717, 1.165) is 17.7 Å². The fourth-order valence-corrected chi connectivity index (χ4v) is 1.68. The van der Waals surface area contributed by atoms with Crippen LogP contribution in [0.5, 0.6) is 5.75 Å². The van der Waals surface area contributed by atoms with Gasteiger partial charge in [-0.25, -0.2) is 0 Å². The van der Waals surface area contributed by atoms with Gasteiger partial charge in [-0.05, 0) is 24.1 Å². The third-order valence-corrected chi connectivity index (χ3v) is 2.74. The van der Waals surface area contributed by atoms with Crippen molar-refractivity contribution in [1.29, 1.82) is 0 Å². The molecule has 0 aliphatic heterocycles. The molecule has 0 aliphatic rings. The van der Waals surface area contributed by atoms with Gasteiger partial charge in [0.1, 0.15) is 5.75 Å². The molecule has 4 heteroatoms. The summed E-state index contributed by atoms with van der Waals surface area (Å²) in [5.74, 6) is 0.832. The Labute approximate surface area is 102 Å². The van der Waals surface area contributed by atoms with Crippen LogP contribution in [0, 0.1) is 0 Å². The van der Waals surface area contributed by atoms with E-state index in [4.69, 9.17) is 9.84 Å². The average molecular weight is 239 g/mol. The van der Waals surface area contributed by atoms with Crippen LogP contribution < -0.4 is 10.1 Å². The van der Waals surface area contributed by atoms with Gasteiger partial charge in [0.25, 0.3) is 0 Å². The monoisotopic (exact) mass is 239 g/mol. The summed E-state index contributed by atoms with van der Waals surface area (Å²) >= 11 is 0. The van der Waals surface area contributed by atoms with Gasteiger partial charge in [0.15, 0.2) is 0 Å². The number of rotatable bonds is 7. The summed E-state index contributed by atoms with van der Waals surface area (Å²) in [7, 11) is 1.64. The molecule has 4 nitrogen and oxygen atoms in total. The van der Waals surface area contributed by atoms with Crippen LogP contribution in [0.3, 0.4) is 0 Å². The van der Waals surface area contributed by atoms with Gasteiger partial charge in [-0.2, -0.15) is 0 Å². The Bertz CT molecular complexity index is 313. The highest BCUT2D eigenvalue weighted by molar-refractivity contribution is 5.29. The maximum Gasteiger partial charge on any atom is 0.118 e. The second-order valence-electron chi connectivity index (χ2n) is 3.98. The molecule has 1 aromatic carbocycles. The highest BCUT2D eigenvalue weighted by Gasteiger charge is 2.10. The van der Waals surface area contributed by atoms with Gasteiger partial charge in [0, 0.05) is 12.6 Å². The van der Waals surface area contributed by atoms with Crippen molar-refractivity contribution in [3.8, 4) is 5.75 Å². The molecule has 0 radical (unpaired) electrons. The fourth-order valence-electron chi connectivity index (χ4n) is 1.68. The fraction of sp³-hybridized carbons (Fsp3) is 0.538. The molecule has 0 fully saturated rings. The highest BCUT2D eigenvalue weighted by atomic mass is 16.5. The van der Waals surface area contributed by atoms with Crippen molar-refractivity contribution in [2.45, 2.75) is 25.5 Å². The van der Waals surface area contributed by atoms with Crippen LogP contribution in [-0.4, -0.2) is 36.6 Å². The summed E-state index contributed by atoms with van der Waals surface area (Å²) in [6.45, 7) is 2.25. The van der Waals surface area contributed by atoms with Crippen LogP contribution >= 0.6 is 0 Å². The Balaban J connectivity index is 2.59. The van der Waals surface area contributed by atoms with Gasteiger partial charge in [0.2, 0.25) is 0 Å². The van der Waals surface area contributed by atoms with Crippen LogP contribution in [0.1, 0.15) is 24.9 Å². The first-order valence-corrected chi connectivity index (χ1v) is 5.87. The molecule has 2 atom stereocenters. The first-order chi connectivity index (χ1) is 8.21. The maximum atomic E-state index is 9.30. The van der Waals surface area contributed by atoms with E-state index in [1.807, 2.05) is 24.3 Å². The number of aliphatic hydroxyl groups is 2. The Morgan fingerprint density at radius 2 is 1.94 bits per heavy atom. The molecule has 1 rings (SSSR count). The van der Waals surface area contributed by atoms with Gasteiger partial charge < -0.3 is 20.3 Å². The number of nitrogens with one attached hydrogen (secondary N) is 1. The van der Waals surface area contributed by atoms with Gasteiger partial charge in [-0.15, -0.1) is 0 Å². The van der Waals surface area contributed by atoms with Crippen LogP contribution in [0.4, 0.5) is 0 Å². The summed E-state index contributed by atoms with van der Waals surface area (Å²) in [6.07, 6.45) is 0.215. The Hall–Kier alpha value is -1.10. The SMILES string of the molecule is CCC(NCC(O)CO)c1ccc(OC)cc1. The van der Waals surface area contributed by atoms with Crippen molar-refractivity contribution in [1.82, 2.24) is 5.32 Å². The van der Waals surface area contributed by atoms with Gasteiger partial charge in [0.05, 0.1) is 19.8 Å². The first-order valence-electron chi connectivity index (χ1n) is 5.87. The molecule has 0 aromatic heterocycles. The van der Waals surface area contributed by atoms with E-state index in [9.17, 15) is 5.11 Å². The zero-order valence-corrected chi connectivity index (χ0v) is 10.4. The van der Waals surface area contributed by atoms with E-state index >= 15 is 0 Å². The van der Waals surface area contributed by atoms with Gasteiger partial charge in [-0.3, -0.25) is 0 Å². The number of aliphatic hydroxyl groups excluding tert-OH is 2. The number of ether oxygens (including phenoxy) is 1. The van der Waals surface area contributed by atoms with Crippen molar-refractivity contribution >= 4 is 0 Å². The maximum absolute atomic E-state index is 9.30. The van der Waals surface area contributed by atoms with Gasteiger partial charge >= 0.3 is 0 Å². The normalized spacial score (nSPS) is 14.4. The summed E-state index contributed by atoms with van der Waals surface area (Å²) in [4.78, 5) is 0. The molecular formula is C13H21NO3. The van der Waals surface area contributed by atoms with E-state index in [1.54, 1.807) is 7.11 Å². The van der Waals surface area contributed by atoms with Crippen molar-refractivity contribution in [3.63, 3.8) is 0 Å². The molecule has 3 N–H and O–H groups in total. The average Bonchev–Trinajstić information content (AvgIpc) is 2.39. The molecule has 0 aliphatic carbocycles. The van der Waals surface area contributed by atoms with Crippen molar-refractivity contribution in [2.75, 3.05) is 20.3 Å². The van der Waals surface area contributed by atoms with E-state index in [-0.39, 0.29) is 12.6 Å². The molecule has 1 aromatic rings. The van der Waals surface area contributed by atoms with Crippen molar-refractivity contribution < 1.29 is 14.9 Å². The van der Waals surface area contributed by atoms with Crippen LogP contribution in [-0.2, 0) is 0 Å². The molecule has 0 saturated heterocycles. The van der Waals surface area contributed by atoms with Gasteiger partial charge in [-0.1, -0.05) is 19.1 Å². The van der Waals surface area contributed by atoms with Crippen LogP contribution in [0.25, 0.3) is 0 Å². The third-order valence-electron chi connectivity index (χ3n) is 2.74. The summed E-state index contributed by atoms with van der Waals surface area (Å²) in [5, 5.41) is 21.3. The van der Waals surface area contributed by atoms with E-state index < -0.39 is 6.10 Å². The van der Waals surface area contributed by atoms with E-state index in [1.165, 1.54) is 0 Å². The number of hydrogen-bond donors (Lipinski definition) is 3. The Kier molecular flexibility index (Phi) is 5.97. The summed E-state index contributed by atoms with van der Waals surface area (Å²) < 4.78 is 5.10. The Morgan fingerprint density at radius 1 is 1.29 bits per heavy atom. The largest absolute Gasteiger partial charge is 0.497 e. The lowest BCUT2D eigenvalue weighted by molar-refractivity contribution is 0.0917. The van der Waals surface area contributed by atoms with E-state index in [0.29, 0.717) is 6.54 Å². The van der Waals surface area contributed by atoms with Crippen molar-refractivity contribution in [3.05, 3.63) is 29.8 Å². The zero-order chi connectivity index (χ0) is 12.7. The lowest BCUT2D eigenvalue weighted by Gasteiger charge is -2.19. The second kappa shape index (κ2) is 7.27. The molecule has 0 spiro atoms. The highest BCUT2D eigenvalue weighted by Crippen LogP contribution is 2.19. The lowest BCUT2D eigenvalue weighted by Crippen LogP contribution is -2.32.